The molecule has 2 amide bonds. The highest BCUT2D eigenvalue weighted by Gasteiger charge is 2.30. The maximum atomic E-state index is 12.7. The summed E-state index contributed by atoms with van der Waals surface area (Å²) in [5.74, 6) is -1.26. The second-order valence-corrected chi connectivity index (χ2v) is 9.53. The zero-order chi connectivity index (χ0) is 25.4. The summed E-state index contributed by atoms with van der Waals surface area (Å²) in [6.45, 7) is 6.07. The fourth-order valence-electron chi connectivity index (χ4n) is 4.62. The van der Waals surface area contributed by atoms with Crippen LogP contribution in [0.25, 0.3) is 11.1 Å². The van der Waals surface area contributed by atoms with Crippen molar-refractivity contribution in [2.45, 2.75) is 70.9 Å². The minimum Gasteiger partial charge on any atom is -0.481 e. The Labute approximate surface area is 207 Å². The van der Waals surface area contributed by atoms with Crippen molar-refractivity contribution >= 4 is 18.0 Å². The number of hydrogen-bond donors (Lipinski definition) is 3. The zero-order valence-corrected chi connectivity index (χ0v) is 20.8. The van der Waals surface area contributed by atoms with E-state index in [0.717, 1.165) is 35.1 Å². The first-order chi connectivity index (χ1) is 16.8. The van der Waals surface area contributed by atoms with Gasteiger partial charge in [0.2, 0.25) is 5.91 Å². The standard InChI is InChI=1S/C28H36N2O5/c1-4-5-10-19(15-27(32)33)29-26(31)16-25(18(2)3)30-28(34)35-17-24-22-13-8-6-11-20(22)21-12-7-9-14-23(21)24/h6-9,11-14,18-19,24-25H,4-5,10,15-17H2,1-3H3,(H,29,31)(H,30,34)(H,32,33)/t19?,25-/m0/s1. The van der Waals surface area contributed by atoms with Crippen LogP contribution in [0, 0.1) is 5.92 Å². The maximum absolute atomic E-state index is 12.7. The van der Waals surface area contributed by atoms with Gasteiger partial charge in [-0.2, -0.15) is 0 Å². The van der Waals surface area contributed by atoms with Crippen molar-refractivity contribution in [1.29, 1.82) is 0 Å². The lowest BCUT2D eigenvalue weighted by Crippen LogP contribution is -2.45. The Kier molecular flexibility index (Phi) is 9.29. The fourth-order valence-corrected chi connectivity index (χ4v) is 4.62. The monoisotopic (exact) mass is 480 g/mol. The predicted molar refractivity (Wildman–Crippen MR) is 135 cm³/mol. The average molecular weight is 481 g/mol. The van der Waals surface area contributed by atoms with E-state index >= 15 is 0 Å². The quantitative estimate of drug-likeness (QED) is 0.392. The molecule has 1 aliphatic rings. The van der Waals surface area contributed by atoms with Crippen LogP contribution >= 0.6 is 0 Å². The molecule has 0 aromatic heterocycles. The molecule has 0 spiro atoms. The number of unbranched alkanes of at least 4 members (excludes halogenated alkanes) is 1. The summed E-state index contributed by atoms with van der Waals surface area (Å²) < 4.78 is 5.63. The van der Waals surface area contributed by atoms with Gasteiger partial charge >= 0.3 is 12.1 Å². The highest BCUT2D eigenvalue weighted by Crippen LogP contribution is 2.44. The third-order valence-electron chi connectivity index (χ3n) is 6.55. The first kappa shape index (κ1) is 26.3. The van der Waals surface area contributed by atoms with Crippen molar-refractivity contribution in [2.24, 2.45) is 5.92 Å². The van der Waals surface area contributed by atoms with Crippen LogP contribution in [0.1, 0.15) is 69.9 Å². The molecule has 1 unspecified atom stereocenters. The molecule has 0 bridgehead atoms. The van der Waals surface area contributed by atoms with Crippen LogP contribution in [0.4, 0.5) is 4.79 Å². The van der Waals surface area contributed by atoms with Gasteiger partial charge in [0.1, 0.15) is 6.61 Å². The van der Waals surface area contributed by atoms with Gasteiger partial charge in [0, 0.05) is 24.4 Å². The van der Waals surface area contributed by atoms with Crippen LogP contribution in [-0.2, 0) is 14.3 Å². The number of carbonyl (C=O) groups excluding carboxylic acids is 2. The lowest BCUT2D eigenvalue weighted by Gasteiger charge is -2.24. The number of fused-ring (bicyclic) bond motifs is 3. The fraction of sp³-hybridized carbons (Fsp3) is 0.464. The molecule has 0 saturated carbocycles. The molecule has 1 aliphatic carbocycles. The molecule has 0 aliphatic heterocycles. The Morgan fingerprint density at radius 3 is 2.09 bits per heavy atom. The molecule has 3 N–H and O–H groups in total. The third kappa shape index (κ3) is 7.07. The van der Waals surface area contributed by atoms with Crippen molar-refractivity contribution in [3.05, 3.63) is 59.7 Å². The number of nitrogens with one attached hydrogen (secondary N) is 2. The van der Waals surface area contributed by atoms with Gasteiger partial charge in [-0.3, -0.25) is 9.59 Å². The highest BCUT2D eigenvalue weighted by atomic mass is 16.5. The molecule has 3 rings (SSSR count). The number of benzene rings is 2. The summed E-state index contributed by atoms with van der Waals surface area (Å²) in [7, 11) is 0. The molecule has 7 heteroatoms. The van der Waals surface area contributed by atoms with Gasteiger partial charge in [0.25, 0.3) is 0 Å². The van der Waals surface area contributed by atoms with Crippen molar-refractivity contribution in [1.82, 2.24) is 10.6 Å². The maximum Gasteiger partial charge on any atom is 0.407 e. The number of carboxylic acids is 1. The Bertz CT molecular complexity index is 990. The number of alkyl carbamates (subject to hydrolysis) is 1. The molecule has 0 heterocycles. The van der Waals surface area contributed by atoms with Crippen LogP contribution in [0.3, 0.4) is 0 Å². The van der Waals surface area contributed by atoms with Crippen LogP contribution in [-0.4, -0.2) is 41.8 Å². The molecule has 188 valence electrons. The summed E-state index contributed by atoms with van der Waals surface area (Å²) >= 11 is 0. The van der Waals surface area contributed by atoms with E-state index in [-0.39, 0.29) is 37.2 Å². The van der Waals surface area contributed by atoms with Crippen LogP contribution < -0.4 is 10.6 Å². The summed E-state index contributed by atoms with van der Waals surface area (Å²) in [5.41, 5.74) is 4.59. The van der Waals surface area contributed by atoms with E-state index in [9.17, 15) is 14.4 Å². The van der Waals surface area contributed by atoms with E-state index < -0.39 is 24.1 Å². The van der Waals surface area contributed by atoms with E-state index in [2.05, 4.69) is 34.9 Å². The van der Waals surface area contributed by atoms with Gasteiger partial charge in [-0.25, -0.2) is 4.79 Å². The molecule has 35 heavy (non-hydrogen) atoms. The van der Waals surface area contributed by atoms with Crippen molar-refractivity contribution in [2.75, 3.05) is 6.61 Å². The Morgan fingerprint density at radius 1 is 0.943 bits per heavy atom. The van der Waals surface area contributed by atoms with Crippen LogP contribution in [0.15, 0.2) is 48.5 Å². The Hall–Kier alpha value is -3.35. The highest BCUT2D eigenvalue weighted by molar-refractivity contribution is 5.80. The lowest BCUT2D eigenvalue weighted by atomic mass is 9.98. The molecular weight excluding hydrogens is 444 g/mol. The molecule has 0 fully saturated rings. The largest absolute Gasteiger partial charge is 0.481 e. The number of hydrogen-bond acceptors (Lipinski definition) is 4. The van der Waals surface area contributed by atoms with E-state index in [1.165, 1.54) is 0 Å². The van der Waals surface area contributed by atoms with Crippen LogP contribution in [0.2, 0.25) is 0 Å². The second kappa shape index (κ2) is 12.4. The summed E-state index contributed by atoms with van der Waals surface area (Å²) in [4.78, 5) is 36.5. The number of carbonyl (C=O) groups is 3. The minimum absolute atomic E-state index is 0.00482. The Balaban J connectivity index is 1.57. The van der Waals surface area contributed by atoms with Crippen molar-refractivity contribution < 1.29 is 24.2 Å². The number of carboxylic acid groups (broad SMARTS) is 1. The third-order valence-corrected chi connectivity index (χ3v) is 6.55. The summed E-state index contributed by atoms with van der Waals surface area (Å²) in [6, 6.07) is 15.4. The zero-order valence-electron chi connectivity index (χ0n) is 20.8. The first-order valence-corrected chi connectivity index (χ1v) is 12.4. The van der Waals surface area contributed by atoms with Crippen LogP contribution in [0.5, 0.6) is 0 Å². The number of ether oxygens (including phenoxy) is 1. The number of amides is 2. The number of rotatable bonds is 12. The van der Waals surface area contributed by atoms with E-state index in [0.29, 0.717) is 6.42 Å². The second-order valence-electron chi connectivity index (χ2n) is 9.53. The minimum atomic E-state index is -0.941. The molecule has 2 aromatic carbocycles. The first-order valence-electron chi connectivity index (χ1n) is 12.4. The van der Waals surface area contributed by atoms with Gasteiger partial charge in [0.15, 0.2) is 0 Å². The Morgan fingerprint density at radius 2 is 1.54 bits per heavy atom. The van der Waals surface area contributed by atoms with E-state index in [1.54, 1.807) is 0 Å². The van der Waals surface area contributed by atoms with Gasteiger partial charge in [0.05, 0.1) is 6.42 Å². The average Bonchev–Trinajstić information content (AvgIpc) is 3.14. The molecule has 7 nitrogen and oxygen atoms in total. The van der Waals surface area contributed by atoms with E-state index in [1.807, 2.05) is 45.0 Å². The molecular formula is C28H36N2O5. The molecule has 2 aromatic rings. The van der Waals surface area contributed by atoms with E-state index in [4.69, 9.17) is 9.84 Å². The molecule has 2 atom stereocenters. The SMILES string of the molecule is CCCCC(CC(=O)O)NC(=O)C[C@H](NC(=O)OCC1c2ccccc2-c2ccccc21)C(C)C. The number of aliphatic carboxylic acids is 1. The van der Waals surface area contributed by atoms with Gasteiger partial charge < -0.3 is 20.5 Å². The smallest absolute Gasteiger partial charge is 0.407 e. The lowest BCUT2D eigenvalue weighted by molar-refractivity contribution is -0.137. The van der Waals surface area contributed by atoms with Gasteiger partial charge in [-0.15, -0.1) is 0 Å². The van der Waals surface area contributed by atoms with Gasteiger partial charge in [-0.05, 0) is 34.6 Å². The van der Waals surface area contributed by atoms with Crippen molar-refractivity contribution in [3.8, 4) is 11.1 Å². The topological polar surface area (TPSA) is 105 Å². The van der Waals surface area contributed by atoms with Gasteiger partial charge in [-0.1, -0.05) is 82.1 Å². The molecule has 0 radical (unpaired) electrons. The van der Waals surface area contributed by atoms with Crippen molar-refractivity contribution in [3.63, 3.8) is 0 Å². The molecule has 0 saturated heterocycles. The summed E-state index contributed by atoms with van der Waals surface area (Å²) in [6.07, 6.45) is 1.75. The summed E-state index contributed by atoms with van der Waals surface area (Å²) in [5, 5.41) is 14.8. The predicted octanol–water partition coefficient (Wildman–Crippen LogP) is 5.09. The normalized spacial score (nSPS) is 14.1.